The lowest BCUT2D eigenvalue weighted by Gasteiger charge is -2.21. The lowest BCUT2D eigenvalue weighted by atomic mass is 9.85. The predicted molar refractivity (Wildman–Crippen MR) is 127 cm³/mol. The molecule has 0 amide bonds. The molecule has 0 bridgehead atoms. The van der Waals surface area contributed by atoms with Gasteiger partial charge in [0, 0.05) is 16.2 Å². The van der Waals surface area contributed by atoms with E-state index in [0.717, 1.165) is 34.5 Å². The molecule has 178 valence electrons. The van der Waals surface area contributed by atoms with Crippen molar-refractivity contribution in [3.8, 4) is 11.5 Å². The number of aromatic nitrogens is 1. The van der Waals surface area contributed by atoms with Crippen LogP contribution in [0.15, 0.2) is 36.7 Å². The highest BCUT2D eigenvalue weighted by molar-refractivity contribution is 7.15. The molecule has 3 aromatic rings. The van der Waals surface area contributed by atoms with Crippen LogP contribution in [-0.2, 0) is 6.42 Å². The number of carbonyl (C=O) groups excluding carboxylic acids is 1. The summed E-state index contributed by atoms with van der Waals surface area (Å²) in [6.45, 7) is 0.575. The molecule has 1 fully saturated rings. The molecule has 0 saturated heterocycles. The van der Waals surface area contributed by atoms with Crippen molar-refractivity contribution in [2.45, 2.75) is 25.2 Å². The fourth-order valence-electron chi connectivity index (χ4n) is 3.77. The average molecular weight is 523 g/mol. The first kappa shape index (κ1) is 24.3. The number of aldehydes is 1. The molecule has 2 heterocycles. The van der Waals surface area contributed by atoms with Gasteiger partial charge in [0.15, 0.2) is 17.8 Å². The van der Waals surface area contributed by atoms with Crippen molar-refractivity contribution in [1.82, 2.24) is 0 Å². The van der Waals surface area contributed by atoms with Crippen LogP contribution < -0.4 is 14.2 Å². The first-order chi connectivity index (χ1) is 16.3. The summed E-state index contributed by atoms with van der Waals surface area (Å²) in [6, 6.07) is 7.01. The van der Waals surface area contributed by atoms with Crippen molar-refractivity contribution >= 4 is 46.8 Å². The lowest BCUT2D eigenvalue weighted by Crippen LogP contribution is -2.29. The topological polar surface area (TPSA) is 96.9 Å². The fourth-order valence-corrected chi connectivity index (χ4v) is 5.25. The Morgan fingerprint density at radius 3 is 2.53 bits per heavy atom. The maximum Gasteiger partial charge on any atom is 0.346 e. The number of ether oxygens (including phenoxy) is 2. The number of rotatable bonds is 10. The first-order valence-electron chi connectivity index (χ1n) is 10.5. The fraction of sp³-hybridized carbons (Fsp3) is 0.292. The van der Waals surface area contributed by atoms with Gasteiger partial charge in [0.25, 0.3) is 0 Å². The second kappa shape index (κ2) is 10.2. The minimum atomic E-state index is -1.13. The van der Waals surface area contributed by atoms with Crippen molar-refractivity contribution in [2.75, 3.05) is 13.7 Å². The average Bonchev–Trinajstić information content (AvgIpc) is 3.53. The second-order valence-electron chi connectivity index (χ2n) is 8.09. The van der Waals surface area contributed by atoms with Crippen molar-refractivity contribution in [2.24, 2.45) is 5.92 Å². The van der Waals surface area contributed by atoms with Crippen LogP contribution in [0.3, 0.4) is 0 Å². The standard InChI is InChI=1S/C24H21Cl2NO6S/c1-32-21-5-4-14(6-22(21)33-12-13-2-3-13)16(8-18-19(25)9-27(31)10-20(18)26)17-7-15(11-28)34-23(17)24(29)30/h4-7,9-11,13,16H,2-3,8,12H2,1H3,(H-,29,30,31)/p+1. The number of nitrogens with zero attached hydrogens (tertiary/aromatic N) is 1. The third kappa shape index (κ3) is 5.29. The van der Waals surface area contributed by atoms with E-state index >= 15 is 0 Å². The van der Waals surface area contributed by atoms with Gasteiger partial charge in [-0.1, -0.05) is 29.3 Å². The molecule has 10 heteroatoms. The summed E-state index contributed by atoms with van der Waals surface area (Å²) in [5.74, 6) is 0.00243. The van der Waals surface area contributed by atoms with Gasteiger partial charge in [0.2, 0.25) is 12.4 Å². The zero-order valence-electron chi connectivity index (χ0n) is 18.2. The number of benzene rings is 1. The Bertz CT molecular complexity index is 1220. The van der Waals surface area contributed by atoms with Gasteiger partial charge < -0.3 is 14.6 Å². The monoisotopic (exact) mass is 522 g/mol. The Labute approximate surface area is 210 Å². The number of carboxylic acid groups (broad SMARTS) is 1. The number of thiophene rings is 1. The van der Waals surface area contributed by atoms with E-state index in [0.29, 0.717) is 46.3 Å². The van der Waals surface area contributed by atoms with Gasteiger partial charge in [-0.15, -0.1) is 11.3 Å². The summed E-state index contributed by atoms with van der Waals surface area (Å²) >= 11 is 13.7. The van der Waals surface area contributed by atoms with E-state index in [9.17, 15) is 19.9 Å². The Kier molecular flexibility index (Phi) is 7.30. The van der Waals surface area contributed by atoms with Crippen molar-refractivity contribution in [3.63, 3.8) is 0 Å². The van der Waals surface area contributed by atoms with E-state index in [2.05, 4.69) is 0 Å². The number of hydrogen-bond donors (Lipinski definition) is 2. The van der Waals surface area contributed by atoms with Gasteiger partial charge in [0.1, 0.15) is 14.9 Å². The number of methoxy groups -OCH3 is 1. The van der Waals surface area contributed by atoms with E-state index in [4.69, 9.17) is 32.7 Å². The van der Waals surface area contributed by atoms with Gasteiger partial charge in [-0.2, -0.15) is 0 Å². The smallest absolute Gasteiger partial charge is 0.346 e. The number of carbonyl (C=O) groups is 2. The van der Waals surface area contributed by atoms with Crippen LogP contribution in [-0.4, -0.2) is 36.3 Å². The Morgan fingerprint density at radius 2 is 1.94 bits per heavy atom. The van der Waals surface area contributed by atoms with Crippen LogP contribution in [0.1, 0.15) is 54.8 Å². The van der Waals surface area contributed by atoms with E-state index in [1.165, 1.54) is 12.4 Å². The third-order valence-corrected chi connectivity index (χ3v) is 7.42. The Hall–Kier alpha value is -2.81. The van der Waals surface area contributed by atoms with E-state index in [-0.39, 0.29) is 21.3 Å². The molecular weight excluding hydrogens is 501 g/mol. The van der Waals surface area contributed by atoms with Gasteiger partial charge >= 0.3 is 5.97 Å². The molecule has 4 rings (SSSR count). The summed E-state index contributed by atoms with van der Waals surface area (Å²) in [7, 11) is 1.56. The molecule has 1 atom stereocenters. The van der Waals surface area contributed by atoms with Crippen LogP contribution in [0.4, 0.5) is 0 Å². The maximum atomic E-state index is 12.0. The molecule has 34 heavy (non-hydrogen) atoms. The molecule has 0 radical (unpaired) electrons. The molecule has 0 spiro atoms. The quantitative estimate of drug-likeness (QED) is 0.214. The highest BCUT2D eigenvalue weighted by Gasteiger charge is 2.29. The summed E-state index contributed by atoms with van der Waals surface area (Å²) in [5.41, 5.74) is 1.74. The van der Waals surface area contributed by atoms with Crippen LogP contribution in [0, 0.1) is 5.92 Å². The zero-order valence-corrected chi connectivity index (χ0v) is 20.5. The summed E-state index contributed by atoms with van der Waals surface area (Å²) in [5, 5.41) is 20.0. The molecule has 1 aliphatic carbocycles. The zero-order chi connectivity index (χ0) is 24.4. The molecule has 0 aliphatic heterocycles. The third-order valence-electron chi connectivity index (χ3n) is 5.70. The van der Waals surface area contributed by atoms with Crippen molar-refractivity contribution in [3.05, 3.63) is 73.1 Å². The van der Waals surface area contributed by atoms with Crippen molar-refractivity contribution < 1.29 is 34.1 Å². The number of aromatic carboxylic acids is 1. The number of halogens is 2. The lowest BCUT2D eigenvalue weighted by molar-refractivity contribution is -0.904. The van der Waals surface area contributed by atoms with Gasteiger partial charge in [0.05, 0.1) is 18.6 Å². The van der Waals surface area contributed by atoms with Crippen LogP contribution in [0.25, 0.3) is 0 Å². The second-order valence-corrected chi connectivity index (χ2v) is 9.99. The summed E-state index contributed by atoms with van der Waals surface area (Å²) < 4.78 is 12.2. The van der Waals surface area contributed by atoms with Gasteiger partial charge in [-0.05, 0) is 54.5 Å². The minimum Gasteiger partial charge on any atom is -0.493 e. The molecule has 2 aromatic heterocycles. The van der Waals surface area contributed by atoms with E-state index < -0.39 is 11.9 Å². The van der Waals surface area contributed by atoms with Crippen LogP contribution >= 0.6 is 34.5 Å². The molecule has 2 N–H and O–H groups in total. The molecule has 7 nitrogen and oxygen atoms in total. The highest BCUT2D eigenvalue weighted by Crippen LogP contribution is 2.41. The largest absolute Gasteiger partial charge is 0.493 e. The Morgan fingerprint density at radius 1 is 1.24 bits per heavy atom. The summed E-state index contributed by atoms with van der Waals surface area (Å²) in [4.78, 5) is 23.8. The maximum absolute atomic E-state index is 12.0. The molecular formula is C24H22Cl2NO6S+. The first-order valence-corrected chi connectivity index (χ1v) is 12.1. The molecule has 1 aliphatic rings. The highest BCUT2D eigenvalue weighted by atomic mass is 35.5. The molecule has 1 aromatic carbocycles. The minimum absolute atomic E-state index is 0.0590. The normalized spacial score (nSPS) is 14.0. The predicted octanol–water partition coefficient (Wildman–Crippen LogP) is 5.26. The van der Waals surface area contributed by atoms with E-state index in [1.807, 2.05) is 12.1 Å². The number of carboxylic acids is 1. The van der Waals surface area contributed by atoms with Crippen LogP contribution in [0.5, 0.6) is 11.5 Å². The number of pyridine rings is 1. The van der Waals surface area contributed by atoms with Gasteiger partial charge in [-0.25, -0.2) is 4.79 Å². The molecule has 1 unspecified atom stereocenters. The number of hydrogen-bond acceptors (Lipinski definition) is 6. The van der Waals surface area contributed by atoms with Crippen LogP contribution in [0.2, 0.25) is 10.0 Å². The SMILES string of the molecule is COc1ccc(C(Cc2c(Cl)c[n+](O)cc2Cl)c2cc(C=O)sc2C(=O)O)cc1OCC1CC1. The molecule has 1 saturated carbocycles. The Balaban J connectivity index is 1.83. The van der Waals surface area contributed by atoms with Gasteiger partial charge in [-0.3, -0.25) is 10.0 Å². The van der Waals surface area contributed by atoms with E-state index in [1.54, 1.807) is 19.2 Å². The van der Waals surface area contributed by atoms with Crippen molar-refractivity contribution in [1.29, 1.82) is 0 Å². The summed E-state index contributed by atoms with van der Waals surface area (Å²) in [6.07, 6.45) is 5.73.